The summed E-state index contributed by atoms with van der Waals surface area (Å²) in [4.78, 5) is 17.3. The predicted molar refractivity (Wildman–Crippen MR) is 411 cm³/mol. The third kappa shape index (κ3) is 22.1. The Balaban J connectivity index is 0.00000451. The maximum atomic E-state index is 14.0. The normalized spacial score (nSPS) is 15.8. The fourth-order valence-corrected chi connectivity index (χ4v) is 23.8. The van der Waals surface area contributed by atoms with Gasteiger partial charge in [0.2, 0.25) is 40.1 Å². The fourth-order valence-electron chi connectivity index (χ4n) is 12.1. The van der Waals surface area contributed by atoms with E-state index in [0.29, 0.717) is 121 Å². The number of halogens is 5. The van der Waals surface area contributed by atoms with Crippen LogP contribution in [0.15, 0.2) is 170 Å². The Bertz CT molecular complexity index is 4760. The van der Waals surface area contributed by atoms with E-state index in [9.17, 15) is 33.7 Å². The van der Waals surface area contributed by atoms with Crippen LogP contribution in [-0.2, 0) is 57.2 Å². The molecule has 0 fully saturated rings. The first-order valence-corrected chi connectivity index (χ1v) is 50.7. The molecule has 0 radical (unpaired) electrons. The van der Waals surface area contributed by atoms with Crippen LogP contribution in [0.2, 0.25) is 0 Å². The number of aliphatic imine (C=N–C) groups is 1. The number of hydrogen-bond acceptors (Lipinski definition) is 9. The number of hydrogen-bond donors (Lipinski definition) is 7. The van der Waals surface area contributed by atoms with Crippen molar-refractivity contribution in [2.45, 2.75) is 81.4 Å². The van der Waals surface area contributed by atoms with Crippen LogP contribution in [0.3, 0.4) is 0 Å². The Morgan fingerprint density at radius 1 is 0.333 bits per heavy atom. The van der Waals surface area contributed by atoms with Gasteiger partial charge in [-0.25, -0.2) is 52.6 Å². The molecule has 102 heavy (non-hydrogen) atoms. The molecule has 0 saturated heterocycles. The van der Waals surface area contributed by atoms with Crippen LogP contribution < -0.4 is 102 Å². The first kappa shape index (κ1) is 93.1. The van der Waals surface area contributed by atoms with E-state index in [4.69, 9.17) is 4.99 Å². The summed E-state index contributed by atoms with van der Waals surface area (Å²) in [7, 11) is -20.5. The topological polar surface area (TPSA) is 244 Å². The number of nitrogens with one attached hydrogen (secondary N) is 7. The number of H-pyrrole nitrogens is 3. The monoisotopic (exact) mass is 1690 g/mol. The van der Waals surface area contributed by atoms with Gasteiger partial charge in [-0.05, 0) is 163 Å². The van der Waals surface area contributed by atoms with E-state index in [1.807, 2.05) is 91.0 Å². The van der Waals surface area contributed by atoms with Crippen LogP contribution in [0.1, 0.15) is 95.5 Å². The first-order valence-electron chi connectivity index (χ1n) is 33.6. The van der Waals surface area contributed by atoms with Crippen molar-refractivity contribution in [3.63, 3.8) is 0 Å². The number of fused-ring (bicyclic) bond motifs is 7. The summed E-state index contributed by atoms with van der Waals surface area (Å²) in [5, 5.41) is 2.70. The molecule has 4 aromatic carbocycles. The van der Waals surface area contributed by atoms with E-state index in [2.05, 4.69) is 116 Å². The molecule has 0 atom stereocenters. The smallest absolute Gasteiger partial charge is 1.00 e. The van der Waals surface area contributed by atoms with Gasteiger partial charge < -0.3 is 77.0 Å². The summed E-state index contributed by atoms with van der Waals surface area (Å²) >= 11 is 0. The molecule has 0 unspecified atom stereocenters. The molecule has 30 heteroatoms. The molecular formula is C72H100Cl5MnN8O8P4S4+2. The third-order valence-electron chi connectivity index (χ3n) is 20.7. The Hall–Kier alpha value is -3.06. The van der Waals surface area contributed by atoms with E-state index >= 15 is 0 Å². The first-order chi connectivity index (χ1) is 45.5. The SMILES string of the molecule is CC[P+](C)(CC)CCNS(=O)(=O)c1ccc(/C2=c3\cc/c([nH]3)=C(\c3ccc(S(=O)(=O)NCC[P+](C)(CC)CC)cc3)c3ccc([nH]3)/C(c3ccc(S(=O)(=O)NCC[P+](C)(CC)CC)cc3)=c3/cc/c([nH]3)=C(\c3ccc(S(=O)(=O)NCC[P+](C)(CC)CC)cc3)C3=NC2=CC3)cc1.[Cl-].[Cl-].[Cl-].[Cl-].[Cl-].[Mn+3]. The zero-order chi connectivity index (χ0) is 69.5. The number of aromatic amines is 3. The molecule has 7 N–H and O–H groups in total. The van der Waals surface area contributed by atoms with Gasteiger partial charge in [-0.2, -0.15) is 0 Å². The minimum atomic E-state index is -3.87. The minimum Gasteiger partial charge on any atom is -1.00 e. The molecule has 0 amide bonds. The van der Waals surface area contributed by atoms with Crippen molar-refractivity contribution in [1.29, 1.82) is 0 Å². The molecule has 3 aromatic heterocycles. The van der Waals surface area contributed by atoms with Gasteiger partial charge in [0.05, 0.1) is 105 Å². The van der Waals surface area contributed by atoms with Crippen molar-refractivity contribution in [2.24, 2.45) is 4.99 Å². The van der Waals surface area contributed by atoms with Gasteiger partial charge in [0.15, 0.2) is 0 Å². The van der Waals surface area contributed by atoms with Crippen LogP contribution in [0.4, 0.5) is 0 Å². The quantitative estimate of drug-likeness (QED) is 0.0159. The molecule has 2 aliphatic rings. The molecule has 0 saturated carbocycles. The van der Waals surface area contributed by atoms with Crippen molar-refractivity contribution < 1.29 is 113 Å². The molecule has 0 spiro atoms. The van der Waals surface area contributed by atoms with Gasteiger partial charge in [0.25, 0.3) is 0 Å². The number of nitrogens with zero attached hydrogens (tertiary/aromatic N) is 1. The number of aromatic nitrogens is 3. The molecule has 5 heterocycles. The van der Waals surface area contributed by atoms with Crippen molar-refractivity contribution in [2.75, 3.05) is 127 Å². The van der Waals surface area contributed by atoms with Gasteiger partial charge in [0, 0.05) is 143 Å². The van der Waals surface area contributed by atoms with Crippen molar-refractivity contribution in [1.82, 2.24) is 33.8 Å². The van der Waals surface area contributed by atoms with Crippen molar-refractivity contribution in [3.8, 4) is 0 Å². The van der Waals surface area contributed by atoms with Crippen LogP contribution in [0, 0.1) is 0 Å². The summed E-state index contributed by atoms with van der Waals surface area (Å²) in [6.45, 7) is 28.0. The molecular weight excluding hydrogens is 1590 g/mol. The summed E-state index contributed by atoms with van der Waals surface area (Å²) < 4.78 is 123. The number of sulfonamides is 4. The van der Waals surface area contributed by atoms with Gasteiger partial charge in [0.1, 0.15) is 0 Å². The fraction of sp³-hybridized carbons (Fsp3) is 0.403. The second-order valence-electron chi connectivity index (χ2n) is 26.3. The van der Waals surface area contributed by atoms with E-state index < -0.39 is 69.1 Å². The van der Waals surface area contributed by atoms with Crippen LogP contribution >= 0.6 is 29.0 Å². The standard InChI is InChI=1S/C72H100N8O8P4S4.5ClH.Mn/c1-13-89(9,14-2)49-45-73-93(81,82)57-29-21-53(22-30-57)69-61-37-39-63(77-61)70(54-23-31-58(32-24-54)94(83,84)74-46-50-90(10,15-3)16-4)65-41-43-67(79-65)72(56-27-35-60(36-28-56)96(87,88)76-48-52-92(12,19-7)20-8)68-44-42-66(80-68)71(64-40-38-62(69)78-64)55-25-33-59(34-26-55)95(85,86)75-47-51-91(11,17-5)18-6;;;;;;/h21-43,73-79H,13-20,44-52H2,1-12H3;5*1H;/q+4;;;;;;+3/p-5/b69-62-,70-65-,71-64-,72-67-;;;;;;. The average Bonchev–Trinajstić information content (AvgIpc) is 1.60. The summed E-state index contributed by atoms with van der Waals surface area (Å²) in [6, 6.07) is 39.4. The van der Waals surface area contributed by atoms with E-state index in [1.54, 1.807) is 48.5 Å². The average molecular weight is 1690 g/mol. The second-order valence-corrected chi connectivity index (χ2v) is 53.2. The number of benzene rings is 4. The maximum absolute atomic E-state index is 14.0. The molecule has 0 aliphatic carbocycles. The maximum Gasteiger partial charge on any atom is 3.00 e. The summed E-state index contributed by atoms with van der Waals surface area (Å²) in [5.41, 5.74) is 8.28. The summed E-state index contributed by atoms with van der Waals surface area (Å²) in [5.74, 6) is 0. The zero-order valence-corrected chi connectivity index (χ0v) is 72.0. The van der Waals surface area contributed by atoms with E-state index in [1.165, 1.54) is 0 Å². The molecule has 2 aliphatic heterocycles. The van der Waals surface area contributed by atoms with Gasteiger partial charge in [-0.1, -0.05) is 54.6 Å². The predicted octanol–water partition coefficient (Wildman–Crippen LogP) is -4.81. The largest absolute Gasteiger partial charge is 3.00 e. The molecule has 8 bridgehead atoms. The van der Waals surface area contributed by atoms with E-state index in [0.717, 1.165) is 73.9 Å². The van der Waals surface area contributed by atoms with Gasteiger partial charge in [-0.15, -0.1) is 0 Å². The molecule has 560 valence electrons. The minimum absolute atomic E-state index is 0. The summed E-state index contributed by atoms with van der Waals surface area (Å²) in [6.07, 6.45) is 14.0. The van der Waals surface area contributed by atoms with Gasteiger partial charge in [-0.3, -0.25) is 4.99 Å². The van der Waals surface area contributed by atoms with Crippen LogP contribution in [0.5, 0.6) is 0 Å². The van der Waals surface area contributed by atoms with Crippen LogP contribution in [0.25, 0.3) is 22.3 Å². The Labute approximate surface area is 651 Å². The molecule has 7 aromatic rings. The number of allylic oxidation sites excluding steroid dienone is 2. The number of rotatable bonds is 32. The Morgan fingerprint density at radius 2 is 0.569 bits per heavy atom. The Kier molecular flexibility index (Phi) is 35.9. The van der Waals surface area contributed by atoms with Crippen molar-refractivity contribution >= 4 is 97.1 Å². The second kappa shape index (κ2) is 39.3. The zero-order valence-electron chi connectivity index (χ0n) is 60.2. The van der Waals surface area contributed by atoms with Gasteiger partial charge >= 0.3 is 17.1 Å². The molecule has 16 nitrogen and oxygen atoms in total. The Morgan fingerprint density at radius 3 is 0.833 bits per heavy atom. The van der Waals surface area contributed by atoms with Crippen LogP contribution in [-0.4, -0.2) is 181 Å². The third-order valence-corrected chi connectivity index (χ3v) is 44.0. The molecule has 9 rings (SSSR count). The van der Waals surface area contributed by atoms with E-state index in [-0.39, 0.29) is 98.7 Å². The van der Waals surface area contributed by atoms with Crippen molar-refractivity contribution in [3.05, 3.63) is 200 Å².